The molecular formula is C13H16N2O3S. The lowest BCUT2D eigenvalue weighted by Gasteiger charge is -2.37. The summed E-state index contributed by atoms with van der Waals surface area (Å²) in [5.74, 6) is -1.10. The van der Waals surface area contributed by atoms with Crippen molar-refractivity contribution in [3.8, 4) is 0 Å². The predicted molar refractivity (Wildman–Crippen MR) is 72.8 cm³/mol. The van der Waals surface area contributed by atoms with Gasteiger partial charge in [0.15, 0.2) is 0 Å². The first-order chi connectivity index (χ1) is 9.02. The first-order valence-corrected chi connectivity index (χ1v) is 7.01. The van der Waals surface area contributed by atoms with Gasteiger partial charge in [-0.3, -0.25) is 9.59 Å². The molecule has 19 heavy (non-hydrogen) atoms. The van der Waals surface area contributed by atoms with E-state index in [1.165, 1.54) is 17.4 Å². The molecule has 1 aliphatic rings. The number of nitrogens with zero attached hydrogens (tertiary/aromatic N) is 1. The monoisotopic (exact) mass is 280 g/mol. The van der Waals surface area contributed by atoms with Crippen LogP contribution in [-0.2, 0) is 9.59 Å². The summed E-state index contributed by atoms with van der Waals surface area (Å²) in [5, 5.41) is 14.6. The van der Waals surface area contributed by atoms with E-state index in [4.69, 9.17) is 5.11 Å². The number of carboxylic acid groups (broad SMARTS) is 1. The number of rotatable bonds is 5. The van der Waals surface area contributed by atoms with E-state index in [-0.39, 0.29) is 12.5 Å². The van der Waals surface area contributed by atoms with Crippen LogP contribution in [-0.4, -0.2) is 28.5 Å². The lowest BCUT2D eigenvalue weighted by Crippen LogP contribution is -2.47. The number of thiazole rings is 1. The molecule has 1 fully saturated rings. The zero-order valence-electron chi connectivity index (χ0n) is 10.7. The third-order valence-corrected chi connectivity index (χ3v) is 4.20. The van der Waals surface area contributed by atoms with Crippen LogP contribution >= 0.6 is 11.3 Å². The number of aliphatic carboxylic acids is 1. The smallest absolute Gasteiger partial charge is 0.311 e. The Labute approximate surface area is 115 Å². The largest absolute Gasteiger partial charge is 0.481 e. The molecule has 0 aromatic carbocycles. The number of hydrogen-bond acceptors (Lipinski definition) is 4. The fourth-order valence-corrected chi connectivity index (χ4v) is 2.58. The minimum absolute atomic E-state index is 0.196. The number of carbonyl (C=O) groups excluding carboxylic acids is 1. The van der Waals surface area contributed by atoms with Gasteiger partial charge in [0.2, 0.25) is 5.91 Å². The van der Waals surface area contributed by atoms with Crippen molar-refractivity contribution in [2.45, 2.75) is 26.2 Å². The second kappa shape index (κ2) is 5.52. The molecule has 1 amide bonds. The zero-order valence-corrected chi connectivity index (χ0v) is 11.5. The Bertz CT molecular complexity index is 518. The summed E-state index contributed by atoms with van der Waals surface area (Å²) in [7, 11) is 0. The third-order valence-electron chi connectivity index (χ3n) is 3.41. The first-order valence-electron chi connectivity index (χ1n) is 6.13. The van der Waals surface area contributed by atoms with E-state index in [0.29, 0.717) is 12.8 Å². The van der Waals surface area contributed by atoms with Crippen molar-refractivity contribution in [3.05, 3.63) is 22.2 Å². The molecule has 0 unspecified atom stereocenters. The second-order valence-corrected chi connectivity index (χ2v) is 5.84. The Hall–Kier alpha value is -1.69. The summed E-state index contributed by atoms with van der Waals surface area (Å²) in [6.07, 6.45) is 5.21. The number of nitrogens with one attached hydrogen (secondary N) is 1. The number of aromatic nitrogens is 1. The van der Waals surface area contributed by atoms with Gasteiger partial charge in [-0.25, -0.2) is 4.98 Å². The van der Waals surface area contributed by atoms with E-state index in [1.54, 1.807) is 6.08 Å². The van der Waals surface area contributed by atoms with Gasteiger partial charge in [0, 0.05) is 18.0 Å². The SMILES string of the molecule is Cc1nc(/C=C/C(=O)NCC2(C(=O)O)CCC2)cs1. The molecule has 1 aliphatic carbocycles. The maximum absolute atomic E-state index is 11.6. The van der Waals surface area contributed by atoms with E-state index in [0.717, 1.165) is 17.1 Å². The van der Waals surface area contributed by atoms with Gasteiger partial charge in [0.05, 0.1) is 16.1 Å². The van der Waals surface area contributed by atoms with Crippen molar-refractivity contribution in [1.82, 2.24) is 10.3 Å². The minimum Gasteiger partial charge on any atom is -0.481 e. The molecule has 0 saturated heterocycles. The average Bonchev–Trinajstić information content (AvgIpc) is 2.70. The summed E-state index contributed by atoms with van der Waals surface area (Å²) in [6.45, 7) is 2.09. The molecule has 0 atom stereocenters. The van der Waals surface area contributed by atoms with Crippen LogP contribution < -0.4 is 5.32 Å². The fourth-order valence-electron chi connectivity index (χ4n) is 2.00. The molecule has 0 radical (unpaired) electrons. The number of hydrogen-bond donors (Lipinski definition) is 2. The van der Waals surface area contributed by atoms with Crippen LogP contribution in [0.5, 0.6) is 0 Å². The van der Waals surface area contributed by atoms with Gasteiger partial charge < -0.3 is 10.4 Å². The van der Waals surface area contributed by atoms with Gasteiger partial charge >= 0.3 is 5.97 Å². The van der Waals surface area contributed by atoms with Crippen molar-refractivity contribution in [2.24, 2.45) is 5.41 Å². The number of carbonyl (C=O) groups is 2. The van der Waals surface area contributed by atoms with Crippen LogP contribution in [0.4, 0.5) is 0 Å². The first kappa shape index (κ1) is 13.7. The van der Waals surface area contributed by atoms with Gasteiger partial charge in [0.1, 0.15) is 0 Å². The Morgan fingerprint density at radius 3 is 2.79 bits per heavy atom. The molecule has 6 heteroatoms. The van der Waals surface area contributed by atoms with Crippen LogP contribution in [0.3, 0.4) is 0 Å². The molecule has 2 rings (SSSR count). The lowest BCUT2D eigenvalue weighted by molar-refractivity contribution is -0.154. The van der Waals surface area contributed by atoms with E-state index in [1.807, 2.05) is 12.3 Å². The maximum atomic E-state index is 11.6. The second-order valence-electron chi connectivity index (χ2n) is 4.78. The van der Waals surface area contributed by atoms with E-state index in [9.17, 15) is 9.59 Å². The molecule has 1 aromatic rings. The highest BCUT2D eigenvalue weighted by Gasteiger charge is 2.44. The number of carboxylic acids is 1. The zero-order chi connectivity index (χ0) is 13.9. The van der Waals surface area contributed by atoms with Gasteiger partial charge in [-0.05, 0) is 25.8 Å². The molecule has 0 aliphatic heterocycles. The molecule has 1 saturated carbocycles. The van der Waals surface area contributed by atoms with Crippen LogP contribution in [0.15, 0.2) is 11.5 Å². The molecule has 1 heterocycles. The van der Waals surface area contributed by atoms with Crippen molar-refractivity contribution in [2.75, 3.05) is 6.54 Å². The maximum Gasteiger partial charge on any atom is 0.311 e. The molecule has 0 bridgehead atoms. The Morgan fingerprint density at radius 1 is 1.58 bits per heavy atom. The Balaban J connectivity index is 1.85. The fraction of sp³-hybridized carbons (Fsp3) is 0.462. The molecule has 102 valence electrons. The highest BCUT2D eigenvalue weighted by Crippen LogP contribution is 2.40. The highest BCUT2D eigenvalue weighted by molar-refractivity contribution is 7.09. The van der Waals surface area contributed by atoms with Crippen LogP contribution in [0.25, 0.3) is 6.08 Å². The molecule has 1 aromatic heterocycles. The molecule has 5 nitrogen and oxygen atoms in total. The van der Waals surface area contributed by atoms with Crippen molar-refractivity contribution in [1.29, 1.82) is 0 Å². The van der Waals surface area contributed by atoms with Crippen LogP contribution in [0, 0.1) is 12.3 Å². The van der Waals surface area contributed by atoms with Gasteiger partial charge in [-0.15, -0.1) is 11.3 Å². The topological polar surface area (TPSA) is 79.3 Å². The summed E-state index contributed by atoms with van der Waals surface area (Å²) in [6, 6.07) is 0. The standard InChI is InChI=1S/C13H16N2O3S/c1-9-15-10(7-19-9)3-4-11(16)14-8-13(12(17)18)5-2-6-13/h3-4,7H,2,5-6,8H2,1H3,(H,14,16)(H,17,18)/b4-3+. The highest BCUT2D eigenvalue weighted by atomic mass is 32.1. The summed E-state index contributed by atoms with van der Waals surface area (Å²) >= 11 is 1.52. The van der Waals surface area contributed by atoms with Crippen molar-refractivity contribution < 1.29 is 14.7 Å². The summed E-state index contributed by atoms with van der Waals surface area (Å²) in [4.78, 5) is 26.9. The summed E-state index contributed by atoms with van der Waals surface area (Å²) in [5.41, 5.74) is -0.00462. The molecule has 0 spiro atoms. The number of amides is 1. The van der Waals surface area contributed by atoms with Crippen LogP contribution in [0.2, 0.25) is 0 Å². The van der Waals surface area contributed by atoms with E-state index in [2.05, 4.69) is 10.3 Å². The van der Waals surface area contributed by atoms with Gasteiger partial charge in [0.25, 0.3) is 0 Å². The predicted octanol–water partition coefficient (Wildman–Crippen LogP) is 1.84. The van der Waals surface area contributed by atoms with Crippen LogP contribution in [0.1, 0.15) is 30.0 Å². The Kier molecular flexibility index (Phi) is 3.99. The lowest BCUT2D eigenvalue weighted by atomic mass is 9.69. The van der Waals surface area contributed by atoms with Gasteiger partial charge in [-0.1, -0.05) is 6.42 Å². The molecular weight excluding hydrogens is 264 g/mol. The number of aryl methyl sites for hydroxylation is 1. The quantitative estimate of drug-likeness (QED) is 0.807. The van der Waals surface area contributed by atoms with Gasteiger partial charge in [-0.2, -0.15) is 0 Å². The Morgan fingerprint density at radius 2 is 2.32 bits per heavy atom. The van der Waals surface area contributed by atoms with E-state index >= 15 is 0 Å². The summed E-state index contributed by atoms with van der Waals surface area (Å²) < 4.78 is 0. The average molecular weight is 280 g/mol. The van der Waals surface area contributed by atoms with E-state index < -0.39 is 11.4 Å². The van der Waals surface area contributed by atoms with Crippen molar-refractivity contribution >= 4 is 29.3 Å². The minimum atomic E-state index is -0.821. The normalized spacial score (nSPS) is 17.1. The third kappa shape index (κ3) is 3.20. The molecule has 2 N–H and O–H groups in total. The van der Waals surface area contributed by atoms with Crippen molar-refractivity contribution in [3.63, 3.8) is 0 Å².